The Morgan fingerprint density at radius 3 is 2.72 bits per heavy atom. The van der Waals surface area contributed by atoms with Crippen molar-refractivity contribution in [1.29, 1.82) is 0 Å². The highest BCUT2D eigenvalue weighted by Gasteiger charge is 2.45. The summed E-state index contributed by atoms with van der Waals surface area (Å²) in [6, 6.07) is 12.1. The van der Waals surface area contributed by atoms with Crippen molar-refractivity contribution < 1.29 is 13.9 Å². The highest BCUT2D eigenvalue weighted by Crippen LogP contribution is 2.42. The van der Waals surface area contributed by atoms with Crippen LogP contribution in [0.4, 0.5) is 5.13 Å². The average Bonchev–Trinajstić information content (AvgIpc) is 3.37. The van der Waals surface area contributed by atoms with Gasteiger partial charge in [-0.1, -0.05) is 42.0 Å². The van der Waals surface area contributed by atoms with Gasteiger partial charge in [0.25, 0.3) is 5.91 Å². The van der Waals surface area contributed by atoms with Crippen LogP contribution in [-0.4, -0.2) is 22.7 Å². The monoisotopic (exact) mass is 447 g/mol. The Morgan fingerprint density at radius 2 is 1.97 bits per heavy atom. The number of hydrogen-bond donors (Lipinski definition) is 0. The van der Waals surface area contributed by atoms with E-state index in [1.54, 1.807) is 12.1 Å². The number of carbonyl (C=O) groups is 1. The van der Waals surface area contributed by atoms with Gasteiger partial charge in [0.05, 0.1) is 23.6 Å². The van der Waals surface area contributed by atoms with Gasteiger partial charge in [0.15, 0.2) is 5.43 Å². The number of hydrogen-bond acceptors (Lipinski definition) is 7. The molecule has 2 aromatic carbocycles. The zero-order chi connectivity index (χ0) is 22.4. The summed E-state index contributed by atoms with van der Waals surface area (Å²) in [5, 5.41) is 10.1. The molecule has 0 saturated heterocycles. The molecule has 8 heteroatoms. The number of ether oxygens (including phenoxy) is 1. The molecule has 5 rings (SSSR count). The Kier molecular flexibility index (Phi) is 5.01. The van der Waals surface area contributed by atoms with Crippen LogP contribution in [0.5, 0.6) is 5.75 Å². The number of carbonyl (C=O) groups excluding carboxylic acids is 1. The van der Waals surface area contributed by atoms with Crippen LogP contribution >= 0.6 is 11.3 Å². The molecule has 162 valence electrons. The second kappa shape index (κ2) is 7.87. The number of aromatic nitrogens is 2. The molecule has 0 fully saturated rings. The summed E-state index contributed by atoms with van der Waals surface area (Å²) in [7, 11) is 0. The van der Waals surface area contributed by atoms with E-state index in [9.17, 15) is 9.59 Å². The summed E-state index contributed by atoms with van der Waals surface area (Å²) in [6.07, 6.45) is 0.706. The average molecular weight is 448 g/mol. The van der Waals surface area contributed by atoms with Gasteiger partial charge in [0.2, 0.25) is 10.9 Å². The predicted octanol–water partition coefficient (Wildman–Crippen LogP) is 4.66. The van der Waals surface area contributed by atoms with Gasteiger partial charge < -0.3 is 9.15 Å². The first-order chi connectivity index (χ1) is 15.5. The molecule has 1 unspecified atom stereocenters. The maximum Gasteiger partial charge on any atom is 0.297 e. The van der Waals surface area contributed by atoms with Crippen molar-refractivity contribution in [2.24, 2.45) is 0 Å². The molecule has 0 spiro atoms. The lowest BCUT2D eigenvalue weighted by molar-refractivity contribution is 0.0970. The van der Waals surface area contributed by atoms with Crippen molar-refractivity contribution in [2.75, 3.05) is 11.5 Å². The molecule has 0 aliphatic carbocycles. The van der Waals surface area contributed by atoms with Crippen LogP contribution in [0.1, 0.15) is 52.1 Å². The Balaban J connectivity index is 1.78. The Hall–Kier alpha value is -3.52. The fraction of sp³-hybridized carbons (Fsp3) is 0.250. The van der Waals surface area contributed by atoms with Crippen molar-refractivity contribution >= 4 is 33.3 Å². The largest absolute Gasteiger partial charge is 0.494 e. The van der Waals surface area contributed by atoms with Crippen molar-refractivity contribution in [3.05, 3.63) is 80.1 Å². The fourth-order valence-corrected chi connectivity index (χ4v) is 4.83. The fourth-order valence-electron chi connectivity index (χ4n) is 4.03. The summed E-state index contributed by atoms with van der Waals surface area (Å²) >= 11 is 1.34. The molecule has 0 saturated carbocycles. The molecule has 0 bridgehead atoms. The molecule has 1 amide bonds. The topological polar surface area (TPSA) is 85.5 Å². The van der Waals surface area contributed by atoms with Gasteiger partial charge in [0, 0.05) is 0 Å². The number of anilines is 1. The van der Waals surface area contributed by atoms with Crippen LogP contribution in [0, 0.1) is 6.92 Å². The lowest BCUT2D eigenvalue weighted by Crippen LogP contribution is -2.29. The lowest BCUT2D eigenvalue weighted by atomic mass is 9.98. The van der Waals surface area contributed by atoms with E-state index in [4.69, 9.17) is 9.15 Å². The smallest absolute Gasteiger partial charge is 0.297 e. The van der Waals surface area contributed by atoms with E-state index in [0.29, 0.717) is 40.4 Å². The second-order valence-corrected chi connectivity index (χ2v) is 8.63. The molecule has 7 nitrogen and oxygen atoms in total. The molecule has 32 heavy (non-hydrogen) atoms. The maximum absolute atomic E-state index is 13.6. The van der Waals surface area contributed by atoms with E-state index in [1.807, 2.05) is 51.1 Å². The number of nitrogens with zero attached hydrogens (tertiary/aromatic N) is 3. The Bertz CT molecular complexity index is 1410. The van der Waals surface area contributed by atoms with E-state index in [2.05, 4.69) is 10.2 Å². The van der Waals surface area contributed by atoms with Crippen LogP contribution < -0.4 is 15.1 Å². The number of amides is 1. The number of rotatable bonds is 5. The van der Waals surface area contributed by atoms with Gasteiger partial charge >= 0.3 is 0 Å². The first-order valence-electron chi connectivity index (χ1n) is 10.5. The van der Waals surface area contributed by atoms with Crippen molar-refractivity contribution in [3.8, 4) is 5.75 Å². The van der Waals surface area contributed by atoms with Crippen molar-refractivity contribution in [2.45, 2.75) is 33.2 Å². The van der Waals surface area contributed by atoms with Crippen LogP contribution in [0.15, 0.2) is 51.7 Å². The van der Waals surface area contributed by atoms with Crippen LogP contribution in [0.2, 0.25) is 0 Å². The van der Waals surface area contributed by atoms with Gasteiger partial charge in [-0.05, 0) is 50.1 Å². The van der Waals surface area contributed by atoms with Gasteiger partial charge in [0.1, 0.15) is 16.3 Å². The molecule has 1 aliphatic rings. The SMILES string of the molecule is CCOc1cccc(C2c3c(oc4ccc(C)cc4c3=O)C(=O)N2c2nnc(CC)s2)c1. The van der Waals surface area contributed by atoms with Crippen LogP contribution in [-0.2, 0) is 6.42 Å². The van der Waals surface area contributed by atoms with Crippen LogP contribution in [0.3, 0.4) is 0 Å². The molecular weight excluding hydrogens is 426 g/mol. The summed E-state index contributed by atoms with van der Waals surface area (Å²) < 4.78 is 11.7. The standard InChI is InChI=1S/C24H21N3O4S/c1-4-18-25-26-24(32-18)27-20(14-7-6-8-15(12-14)30-5-2)19-21(28)16-11-13(3)9-10-17(16)31-22(19)23(27)29/h6-12,20H,4-5H2,1-3H3. The van der Waals surface area contributed by atoms with Crippen LogP contribution in [0.25, 0.3) is 11.0 Å². The van der Waals surface area contributed by atoms with E-state index < -0.39 is 11.9 Å². The first-order valence-corrected chi connectivity index (χ1v) is 11.3. The lowest BCUT2D eigenvalue weighted by Gasteiger charge is -2.22. The summed E-state index contributed by atoms with van der Waals surface area (Å²) in [6.45, 7) is 6.31. The third-order valence-corrected chi connectivity index (χ3v) is 6.54. The molecular formula is C24H21N3O4S. The van der Waals surface area contributed by atoms with E-state index in [1.165, 1.54) is 16.2 Å². The quantitative estimate of drug-likeness (QED) is 0.442. The minimum absolute atomic E-state index is 0.0476. The van der Waals surface area contributed by atoms with Gasteiger partial charge in [-0.15, -0.1) is 10.2 Å². The van der Waals surface area contributed by atoms with E-state index >= 15 is 0 Å². The minimum atomic E-state index is -0.684. The molecule has 0 radical (unpaired) electrons. The summed E-state index contributed by atoms with van der Waals surface area (Å²) in [4.78, 5) is 28.7. The summed E-state index contributed by atoms with van der Waals surface area (Å²) in [5.41, 5.74) is 2.18. The summed E-state index contributed by atoms with van der Waals surface area (Å²) in [5.74, 6) is 0.315. The first kappa shape index (κ1) is 20.4. The number of aryl methyl sites for hydroxylation is 2. The second-order valence-electron chi connectivity index (χ2n) is 7.59. The molecule has 2 aromatic heterocycles. The van der Waals surface area contributed by atoms with Crippen molar-refractivity contribution in [1.82, 2.24) is 10.2 Å². The third kappa shape index (κ3) is 3.18. The van der Waals surface area contributed by atoms with Gasteiger partial charge in [-0.25, -0.2) is 0 Å². The van der Waals surface area contributed by atoms with E-state index in [-0.39, 0.29) is 11.2 Å². The number of benzene rings is 2. The predicted molar refractivity (Wildman–Crippen MR) is 123 cm³/mol. The molecule has 1 atom stereocenters. The highest BCUT2D eigenvalue weighted by molar-refractivity contribution is 7.15. The van der Waals surface area contributed by atoms with E-state index in [0.717, 1.165) is 16.1 Å². The molecule has 1 aliphatic heterocycles. The molecule has 4 aromatic rings. The zero-order valence-corrected chi connectivity index (χ0v) is 18.7. The number of fused-ring (bicyclic) bond motifs is 2. The Labute approximate surface area is 188 Å². The minimum Gasteiger partial charge on any atom is -0.494 e. The van der Waals surface area contributed by atoms with Gasteiger partial charge in [-0.2, -0.15) is 0 Å². The maximum atomic E-state index is 13.6. The zero-order valence-electron chi connectivity index (χ0n) is 17.9. The molecule has 3 heterocycles. The van der Waals surface area contributed by atoms with Crippen molar-refractivity contribution in [3.63, 3.8) is 0 Å². The van der Waals surface area contributed by atoms with Gasteiger partial charge in [-0.3, -0.25) is 14.5 Å². The Morgan fingerprint density at radius 1 is 1.12 bits per heavy atom. The highest BCUT2D eigenvalue weighted by atomic mass is 32.1. The molecule has 0 N–H and O–H groups in total. The normalized spacial score (nSPS) is 15.4. The third-order valence-electron chi connectivity index (χ3n) is 5.48.